The van der Waals surface area contributed by atoms with Gasteiger partial charge < -0.3 is 0 Å². The molecule has 1 aromatic rings. The summed E-state index contributed by atoms with van der Waals surface area (Å²) < 4.78 is 0. The second kappa shape index (κ2) is 7.55. The summed E-state index contributed by atoms with van der Waals surface area (Å²) in [6.07, 6.45) is 2.22. The first-order valence-corrected chi connectivity index (χ1v) is 9.21. The van der Waals surface area contributed by atoms with E-state index in [9.17, 15) is 4.79 Å². The van der Waals surface area contributed by atoms with Gasteiger partial charge in [-0.05, 0) is 24.7 Å². The second-order valence-electron chi connectivity index (χ2n) is 7.22. The number of anilines is 1. The molecule has 1 heterocycles. The summed E-state index contributed by atoms with van der Waals surface area (Å²) in [4.78, 5) is 20.9. The highest BCUT2D eigenvalue weighted by Gasteiger charge is 2.33. The van der Waals surface area contributed by atoms with Gasteiger partial charge in [0.25, 0.3) is 0 Å². The van der Waals surface area contributed by atoms with Crippen LogP contribution in [0.3, 0.4) is 0 Å². The molecule has 124 valence electrons. The lowest BCUT2D eigenvalue weighted by Gasteiger charge is -2.25. The molecule has 22 heavy (non-hydrogen) atoms. The monoisotopic (exact) mass is 323 g/mol. The molecule has 1 aliphatic carbocycles. The third-order valence-electron chi connectivity index (χ3n) is 3.63. The Morgan fingerprint density at radius 1 is 1.27 bits per heavy atom. The van der Waals surface area contributed by atoms with Crippen molar-refractivity contribution in [2.45, 2.75) is 60.0 Å². The van der Waals surface area contributed by atoms with Crippen LogP contribution < -0.4 is 4.90 Å². The normalized spacial score (nSPS) is 15.1. The number of carbonyl (C=O) groups excluding carboxylic acids is 1. The zero-order valence-corrected chi connectivity index (χ0v) is 15.3. The van der Waals surface area contributed by atoms with Crippen LogP contribution in [0.25, 0.3) is 0 Å². The molecule has 0 aromatic carbocycles. The highest BCUT2D eigenvalue weighted by atomic mass is 32.1. The molecule has 0 aliphatic heterocycles. The Labute approximate surface area is 138 Å². The summed E-state index contributed by atoms with van der Waals surface area (Å²) in [5.74, 6) is 1.42. The second-order valence-corrected chi connectivity index (χ2v) is 8.06. The van der Waals surface area contributed by atoms with Gasteiger partial charge in [-0.25, -0.2) is 4.98 Å². The highest BCUT2D eigenvalue weighted by Crippen LogP contribution is 2.33. The molecule has 0 atom stereocenters. The summed E-state index contributed by atoms with van der Waals surface area (Å²) >= 11 is 1.60. The largest absolute Gasteiger partial charge is 0.297 e. The summed E-state index contributed by atoms with van der Waals surface area (Å²) in [7, 11) is 0. The van der Waals surface area contributed by atoms with Crippen molar-refractivity contribution in [1.29, 1.82) is 0 Å². The van der Waals surface area contributed by atoms with E-state index in [1.807, 2.05) is 4.90 Å². The van der Waals surface area contributed by atoms with Crippen LogP contribution in [0.15, 0.2) is 5.38 Å². The van der Waals surface area contributed by atoms with Gasteiger partial charge in [-0.1, -0.05) is 27.7 Å². The van der Waals surface area contributed by atoms with E-state index in [-0.39, 0.29) is 5.91 Å². The average Bonchev–Trinajstić information content (AvgIpc) is 3.08. The van der Waals surface area contributed by atoms with Crippen LogP contribution in [0.1, 0.15) is 53.2 Å². The number of aromatic nitrogens is 1. The molecule has 4 nitrogen and oxygen atoms in total. The van der Waals surface area contributed by atoms with Gasteiger partial charge >= 0.3 is 0 Å². The maximum atomic E-state index is 11.8. The fourth-order valence-corrected chi connectivity index (χ4v) is 3.76. The van der Waals surface area contributed by atoms with Crippen LogP contribution in [-0.2, 0) is 11.3 Å². The molecule has 0 bridgehead atoms. The molecule has 1 aliphatic rings. The fraction of sp³-hybridized carbons (Fsp3) is 0.765. The minimum Gasteiger partial charge on any atom is -0.297 e. The summed E-state index contributed by atoms with van der Waals surface area (Å²) in [5, 5.41) is 2.99. The van der Waals surface area contributed by atoms with Crippen molar-refractivity contribution < 1.29 is 4.79 Å². The maximum absolute atomic E-state index is 11.8. The Morgan fingerprint density at radius 2 is 1.86 bits per heavy atom. The molecular weight excluding hydrogens is 294 g/mol. The predicted octanol–water partition coefficient (Wildman–Crippen LogP) is 3.77. The molecule has 0 unspecified atom stereocenters. The van der Waals surface area contributed by atoms with Gasteiger partial charge in [0.1, 0.15) is 0 Å². The number of thiazole rings is 1. The van der Waals surface area contributed by atoms with Gasteiger partial charge in [0.15, 0.2) is 5.13 Å². The van der Waals surface area contributed by atoms with Gasteiger partial charge in [-0.2, -0.15) is 0 Å². The Balaban J connectivity index is 2.03. The van der Waals surface area contributed by atoms with Gasteiger partial charge in [-0.15, -0.1) is 11.3 Å². The molecule has 0 N–H and O–H groups in total. The number of hydrogen-bond donors (Lipinski definition) is 0. The van der Waals surface area contributed by atoms with Crippen molar-refractivity contribution in [3.8, 4) is 0 Å². The van der Waals surface area contributed by atoms with Gasteiger partial charge in [0.2, 0.25) is 5.91 Å². The Kier molecular flexibility index (Phi) is 5.98. The van der Waals surface area contributed by atoms with E-state index in [0.717, 1.165) is 43.3 Å². The van der Waals surface area contributed by atoms with E-state index in [1.165, 1.54) is 0 Å². The molecule has 2 rings (SSSR count). The topological polar surface area (TPSA) is 36.4 Å². The Bertz CT molecular complexity index is 484. The molecule has 5 heteroatoms. The summed E-state index contributed by atoms with van der Waals surface area (Å²) in [6, 6.07) is 0.388. The van der Waals surface area contributed by atoms with Crippen molar-refractivity contribution in [2.24, 2.45) is 11.8 Å². The van der Waals surface area contributed by atoms with Crippen LogP contribution in [0.4, 0.5) is 5.13 Å². The van der Waals surface area contributed by atoms with E-state index < -0.39 is 0 Å². The molecule has 1 fully saturated rings. The highest BCUT2D eigenvalue weighted by molar-refractivity contribution is 7.14. The van der Waals surface area contributed by atoms with E-state index in [4.69, 9.17) is 4.98 Å². The minimum absolute atomic E-state index is 0.115. The molecule has 0 saturated heterocycles. The molecule has 0 radical (unpaired) electrons. The maximum Gasteiger partial charge on any atom is 0.225 e. The van der Waals surface area contributed by atoms with Gasteiger partial charge in [0.05, 0.1) is 5.69 Å². The zero-order valence-electron chi connectivity index (χ0n) is 14.5. The summed E-state index contributed by atoms with van der Waals surface area (Å²) in [5.41, 5.74) is 1.09. The van der Waals surface area contributed by atoms with Crippen LogP contribution >= 0.6 is 11.3 Å². The predicted molar refractivity (Wildman–Crippen MR) is 93.2 cm³/mol. The zero-order chi connectivity index (χ0) is 16.3. The lowest BCUT2D eigenvalue weighted by atomic mass is 10.1. The molecule has 1 aromatic heterocycles. The summed E-state index contributed by atoms with van der Waals surface area (Å²) in [6.45, 7) is 13.7. The van der Waals surface area contributed by atoms with E-state index in [1.54, 1.807) is 18.3 Å². The van der Waals surface area contributed by atoms with Crippen LogP contribution in [0, 0.1) is 11.8 Å². The molecule has 1 amide bonds. The van der Waals surface area contributed by atoms with E-state index in [0.29, 0.717) is 17.9 Å². The average molecular weight is 324 g/mol. The third-order valence-corrected chi connectivity index (χ3v) is 4.52. The van der Waals surface area contributed by atoms with Gasteiger partial charge in [0, 0.05) is 38.0 Å². The molecule has 1 saturated carbocycles. The Morgan fingerprint density at radius 3 is 2.32 bits per heavy atom. The number of carbonyl (C=O) groups is 1. The quantitative estimate of drug-likeness (QED) is 0.730. The fourth-order valence-electron chi connectivity index (χ4n) is 2.83. The van der Waals surface area contributed by atoms with Crippen molar-refractivity contribution in [1.82, 2.24) is 9.88 Å². The van der Waals surface area contributed by atoms with Crippen molar-refractivity contribution in [2.75, 3.05) is 18.0 Å². The minimum atomic E-state index is 0.115. The number of rotatable bonds is 8. The SMILES string of the molecule is CC(=O)N(c1nc(CN(CC(C)C)CC(C)C)cs1)C1CC1. The lowest BCUT2D eigenvalue weighted by molar-refractivity contribution is -0.116. The lowest BCUT2D eigenvalue weighted by Crippen LogP contribution is -2.32. The van der Waals surface area contributed by atoms with Crippen LogP contribution in [-0.4, -0.2) is 34.9 Å². The third kappa shape index (κ3) is 5.06. The van der Waals surface area contributed by atoms with Crippen molar-refractivity contribution in [3.63, 3.8) is 0 Å². The smallest absolute Gasteiger partial charge is 0.225 e. The van der Waals surface area contributed by atoms with Crippen molar-refractivity contribution in [3.05, 3.63) is 11.1 Å². The van der Waals surface area contributed by atoms with E-state index >= 15 is 0 Å². The van der Waals surface area contributed by atoms with Crippen LogP contribution in [0.5, 0.6) is 0 Å². The first-order chi connectivity index (χ1) is 10.4. The van der Waals surface area contributed by atoms with Crippen LogP contribution in [0.2, 0.25) is 0 Å². The standard InChI is InChI=1S/C17H29N3OS/c1-12(2)8-19(9-13(3)4)10-15-11-22-17(18-15)20(14(5)21)16-6-7-16/h11-13,16H,6-10H2,1-5H3. The first-order valence-electron chi connectivity index (χ1n) is 8.33. The molecule has 0 spiro atoms. The number of hydrogen-bond acceptors (Lipinski definition) is 4. The number of nitrogens with zero attached hydrogens (tertiary/aromatic N) is 3. The Hall–Kier alpha value is -0.940. The molecular formula is C17H29N3OS. The first kappa shape index (κ1) is 17.4. The van der Waals surface area contributed by atoms with Gasteiger partial charge in [-0.3, -0.25) is 14.6 Å². The van der Waals surface area contributed by atoms with E-state index in [2.05, 4.69) is 38.0 Å². The number of amides is 1. The van der Waals surface area contributed by atoms with Crippen molar-refractivity contribution >= 4 is 22.4 Å².